The first-order valence-corrected chi connectivity index (χ1v) is 6.84. The summed E-state index contributed by atoms with van der Waals surface area (Å²) in [6.45, 7) is 6.25. The van der Waals surface area contributed by atoms with Crippen LogP contribution in [0.4, 0.5) is 10.1 Å². The maximum Gasteiger partial charge on any atom is 0.143 e. The highest BCUT2D eigenvalue weighted by molar-refractivity contribution is 5.60. The molecule has 1 fully saturated rings. The van der Waals surface area contributed by atoms with Crippen molar-refractivity contribution in [2.75, 3.05) is 44.8 Å². The Morgan fingerprint density at radius 2 is 2.25 bits per heavy atom. The van der Waals surface area contributed by atoms with Crippen LogP contribution in [0.1, 0.15) is 12.5 Å². The van der Waals surface area contributed by atoms with Gasteiger partial charge in [-0.15, -0.1) is 0 Å². The van der Waals surface area contributed by atoms with Gasteiger partial charge in [-0.05, 0) is 19.1 Å². The molecule has 0 bridgehead atoms. The summed E-state index contributed by atoms with van der Waals surface area (Å²) in [5.41, 5.74) is 0.843. The van der Waals surface area contributed by atoms with Crippen LogP contribution in [0.25, 0.3) is 0 Å². The van der Waals surface area contributed by atoms with Gasteiger partial charge in [0, 0.05) is 39.3 Å². The summed E-state index contributed by atoms with van der Waals surface area (Å²) in [6, 6.07) is 7.14. The van der Waals surface area contributed by atoms with Gasteiger partial charge in [0.15, 0.2) is 0 Å². The molecular formula is C15H20FN3O. The van der Waals surface area contributed by atoms with E-state index >= 15 is 0 Å². The SMILES string of the molecule is COCCN1CCN(c2cccc(F)c2C#N)C[C@H]1C. The molecule has 1 aliphatic rings. The largest absolute Gasteiger partial charge is 0.383 e. The first kappa shape index (κ1) is 14.8. The quantitative estimate of drug-likeness (QED) is 0.842. The van der Waals surface area contributed by atoms with Gasteiger partial charge < -0.3 is 9.64 Å². The number of hydrogen-bond acceptors (Lipinski definition) is 4. The van der Waals surface area contributed by atoms with Gasteiger partial charge in [-0.25, -0.2) is 4.39 Å². The topological polar surface area (TPSA) is 39.5 Å². The van der Waals surface area contributed by atoms with Gasteiger partial charge in [0.1, 0.15) is 17.4 Å². The van der Waals surface area contributed by atoms with Crippen LogP contribution in [0.5, 0.6) is 0 Å². The van der Waals surface area contributed by atoms with E-state index in [-0.39, 0.29) is 5.56 Å². The second-order valence-electron chi connectivity index (χ2n) is 5.07. The fourth-order valence-electron chi connectivity index (χ4n) is 2.64. The van der Waals surface area contributed by atoms with Crippen LogP contribution < -0.4 is 4.90 Å². The molecule has 0 unspecified atom stereocenters. The Hall–Kier alpha value is -1.64. The summed E-state index contributed by atoms with van der Waals surface area (Å²) in [4.78, 5) is 4.45. The first-order valence-electron chi connectivity index (χ1n) is 6.84. The smallest absolute Gasteiger partial charge is 0.143 e. The number of rotatable bonds is 4. The highest BCUT2D eigenvalue weighted by atomic mass is 19.1. The lowest BCUT2D eigenvalue weighted by molar-refractivity contribution is 0.117. The van der Waals surface area contributed by atoms with Crippen LogP contribution in [0.2, 0.25) is 0 Å². The molecule has 1 aromatic carbocycles. The Morgan fingerprint density at radius 3 is 2.90 bits per heavy atom. The van der Waals surface area contributed by atoms with Crippen LogP contribution in [-0.2, 0) is 4.74 Å². The average molecular weight is 277 g/mol. The summed E-state index contributed by atoms with van der Waals surface area (Å²) >= 11 is 0. The third-order valence-electron chi connectivity index (χ3n) is 3.79. The molecule has 0 aromatic heterocycles. The minimum absolute atomic E-state index is 0.144. The monoisotopic (exact) mass is 277 g/mol. The van der Waals surface area contributed by atoms with Crippen LogP contribution in [-0.4, -0.2) is 50.8 Å². The molecule has 0 radical (unpaired) electrons. The predicted octanol–water partition coefficient (Wildman–Crippen LogP) is 1.85. The maximum atomic E-state index is 13.7. The van der Waals surface area contributed by atoms with E-state index in [1.807, 2.05) is 12.1 Å². The second kappa shape index (κ2) is 6.69. The van der Waals surface area contributed by atoms with Gasteiger partial charge in [-0.2, -0.15) is 5.26 Å². The Labute approximate surface area is 119 Å². The van der Waals surface area contributed by atoms with Crippen molar-refractivity contribution in [3.8, 4) is 6.07 Å². The highest BCUT2D eigenvalue weighted by Crippen LogP contribution is 2.25. The zero-order valence-corrected chi connectivity index (χ0v) is 12.0. The highest BCUT2D eigenvalue weighted by Gasteiger charge is 2.25. The Morgan fingerprint density at radius 1 is 1.45 bits per heavy atom. The van der Waals surface area contributed by atoms with Gasteiger partial charge in [0.2, 0.25) is 0 Å². The van der Waals surface area contributed by atoms with Crippen LogP contribution in [0, 0.1) is 17.1 Å². The van der Waals surface area contributed by atoms with E-state index < -0.39 is 5.82 Å². The normalized spacial score (nSPS) is 19.9. The van der Waals surface area contributed by atoms with E-state index in [9.17, 15) is 4.39 Å². The van der Waals surface area contributed by atoms with Gasteiger partial charge in [-0.3, -0.25) is 4.90 Å². The molecule has 1 heterocycles. The molecule has 4 nitrogen and oxygen atoms in total. The number of nitriles is 1. The van der Waals surface area contributed by atoms with Gasteiger partial charge in [0.25, 0.3) is 0 Å². The molecule has 1 aliphatic heterocycles. The van der Waals surface area contributed by atoms with E-state index in [0.29, 0.717) is 18.3 Å². The van der Waals surface area contributed by atoms with Crippen LogP contribution >= 0.6 is 0 Å². The number of nitrogens with zero attached hydrogens (tertiary/aromatic N) is 3. The van der Waals surface area contributed by atoms with Crippen LogP contribution in [0.3, 0.4) is 0 Å². The van der Waals surface area contributed by atoms with E-state index in [1.54, 1.807) is 13.2 Å². The summed E-state index contributed by atoms with van der Waals surface area (Å²) in [7, 11) is 1.70. The van der Waals surface area contributed by atoms with Crippen molar-refractivity contribution in [1.29, 1.82) is 5.26 Å². The summed E-state index contributed by atoms with van der Waals surface area (Å²) in [5.74, 6) is -0.445. The van der Waals surface area contributed by atoms with E-state index in [2.05, 4.69) is 16.7 Å². The zero-order chi connectivity index (χ0) is 14.5. The lowest BCUT2D eigenvalue weighted by Crippen LogP contribution is -2.52. The van der Waals surface area contributed by atoms with Crippen molar-refractivity contribution < 1.29 is 9.13 Å². The molecule has 1 atom stereocenters. The minimum Gasteiger partial charge on any atom is -0.383 e. The zero-order valence-electron chi connectivity index (χ0n) is 12.0. The van der Waals surface area contributed by atoms with Crippen LogP contribution in [0.15, 0.2) is 18.2 Å². The Balaban J connectivity index is 2.10. The Kier molecular flexibility index (Phi) is 4.94. The third kappa shape index (κ3) is 3.09. The number of piperazine rings is 1. The van der Waals surface area contributed by atoms with Gasteiger partial charge >= 0.3 is 0 Å². The van der Waals surface area contributed by atoms with Gasteiger partial charge in [-0.1, -0.05) is 6.07 Å². The summed E-state index contributed by atoms with van der Waals surface area (Å²) < 4.78 is 18.8. The Bertz CT molecular complexity index is 500. The van der Waals surface area contributed by atoms with Crippen molar-refractivity contribution in [3.63, 3.8) is 0 Å². The van der Waals surface area contributed by atoms with Crippen molar-refractivity contribution in [1.82, 2.24) is 4.90 Å². The molecule has 1 saturated heterocycles. The summed E-state index contributed by atoms with van der Waals surface area (Å²) in [6.07, 6.45) is 0. The number of methoxy groups -OCH3 is 1. The van der Waals surface area contributed by atoms with Crippen molar-refractivity contribution in [2.24, 2.45) is 0 Å². The van der Waals surface area contributed by atoms with Crippen molar-refractivity contribution >= 4 is 5.69 Å². The molecule has 5 heteroatoms. The lowest BCUT2D eigenvalue weighted by Gasteiger charge is -2.41. The standard InChI is InChI=1S/C15H20FN3O/c1-12-11-19(7-6-18(12)8-9-20-2)15-5-3-4-14(16)13(15)10-17/h3-5,12H,6-9,11H2,1-2H3/t12-/m1/s1. The molecule has 108 valence electrons. The molecule has 2 rings (SSSR count). The molecule has 0 N–H and O–H groups in total. The lowest BCUT2D eigenvalue weighted by atomic mass is 10.1. The average Bonchev–Trinajstić information content (AvgIpc) is 2.45. The molecule has 1 aromatic rings. The van der Waals surface area contributed by atoms with Gasteiger partial charge in [0.05, 0.1) is 12.3 Å². The molecule has 0 spiro atoms. The summed E-state index contributed by atoms with van der Waals surface area (Å²) in [5, 5.41) is 9.12. The molecule has 0 amide bonds. The molecular weight excluding hydrogens is 257 g/mol. The number of halogens is 1. The third-order valence-corrected chi connectivity index (χ3v) is 3.79. The second-order valence-corrected chi connectivity index (χ2v) is 5.07. The number of ether oxygens (including phenoxy) is 1. The maximum absolute atomic E-state index is 13.7. The first-order chi connectivity index (χ1) is 9.67. The molecule has 0 saturated carbocycles. The molecule has 20 heavy (non-hydrogen) atoms. The van der Waals surface area contributed by atoms with E-state index in [1.165, 1.54) is 6.07 Å². The molecule has 0 aliphatic carbocycles. The number of anilines is 1. The predicted molar refractivity (Wildman–Crippen MR) is 76.2 cm³/mol. The van der Waals surface area contributed by atoms with E-state index in [4.69, 9.17) is 10.00 Å². The minimum atomic E-state index is -0.445. The fourth-order valence-corrected chi connectivity index (χ4v) is 2.64. The van der Waals surface area contributed by atoms with Crippen molar-refractivity contribution in [3.05, 3.63) is 29.6 Å². The van der Waals surface area contributed by atoms with E-state index in [0.717, 1.165) is 26.2 Å². The fraction of sp³-hybridized carbons (Fsp3) is 0.533. The number of benzene rings is 1. The van der Waals surface area contributed by atoms with Crippen molar-refractivity contribution in [2.45, 2.75) is 13.0 Å². The number of hydrogen-bond donors (Lipinski definition) is 0.